The van der Waals surface area contributed by atoms with Crippen LogP contribution in [0, 0.1) is 6.92 Å². The highest BCUT2D eigenvalue weighted by molar-refractivity contribution is 7.86. The van der Waals surface area contributed by atoms with E-state index in [0.717, 1.165) is 5.56 Å². The molecule has 0 amide bonds. The summed E-state index contributed by atoms with van der Waals surface area (Å²) < 4.78 is 28.3. The summed E-state index contributed by atoms with van der Waals surface area (Å²) in [7, 11) is -3.78. The van der Waals surface area contributed by atoms with Gasteiger partial charge in [-0.25, -0.2) is 0 Å². The molecule has 0 aliphatic carbocycles. The molecule has 18 heavy (non-hydrogen) atoms. The van der Waals surface area contributed by atoms with E-state index in [-0.39, 0.29) is 11.5 Å². The van der Waals surface area contributed by atoms with Crippen LogP contribution in [0.25, 0.3) is 0 Å². The zero-order valence-corrected chi connectivity index (χ0v) is 11.4. The molecule has 0 aliphatic rings. The van der Waals surface area contributed by atoms with Gasteiger partial charge in [0.15, 0.2) is 0 Å². The van der Waals surface area contributed by atoms with Crippen LogP contribution in [-0.2, 0) is 14.3 Å². The van der Waals surface area contributed by atoms with Gasteiger partial charge in [-0.3, -0.25) is 4.18 Å². The van der Waals surface area contributed by atoms with Crippen molar-refractivity contribution >= 4 is 10.1 Å². The fourth-order valence-electron chi connectivity index (χ4n) is 1.30. The number of hydrogen-bond donors (Lipinski definition) is 1. The third kappa shape index (κ3) is 4.60. The SMILES string of the molecule is C/C=C/C[C@H](O)COS(=O)(=O)c1ccc(C)cc1. The number of allylic oxidation sites excluding steroid dienone is 1. The summed E-state index contributed by atoms with van der Waals surface area (Å²) in [5.41, 5.74) is 0.974. The summed E-state index contributed by atoms with van der Waals surface area (Å²) in [5, 5.41) is 9.49. The highest BCUT2D eigenvalue weighted by Gasteiger charge is 2.16. The molecule has 100 valence electrons. The van der Waals surface area contributed by atoms with Crippen molar-refractivity contribution in [2.24, 2.45) is 0 Å². The van der Waals surface area contributed by atoms with Crippen LogP contribution in [-0.4, -0.2) is 26.2 Å². The van der Waals surface area contributed by atoms with Crippen molar-refractivity contribution in [3.63, 3.8) is 0 Å². The van der Waals surface area contributed by atoms with E-state index >= 15 is 0 Å². The average molecular weight is 270 g/mol. The van der Waals surface area contributed by atoms with Crippen LogP contribution < -0.4 is 0 Å². The first-order valence-corrected chi connectivity index (χ1v) is 7.12. The second kappa shape index (κ2) is 6.68. The van der Waals surface area contributed by atoms with E-state index in [2.05, 4.69) is 0 Å². The van der Waals surface area contributed by atoms with Crippen molar-refractivity contribution in [2.75, 3.05) is 6.61 Å². The van der Waals surface area contributed by atoms with Crippen LogP contribution in [0.5, 0.6) is 0 Å². The van der Waals surface area contributed by atoms with Gasteiger partial charge < -0.3 is 5.11 Å². The normalized spacial score (nSPS) is 13.9. The molecule has 1 aromatic rings. The maximum absolute atomic E-state index is 11.8. The van der Waals surface area contributed by atoms with Gasteiger partial charge in [0, 0.05) is 0 Å². The van der Waals surface area contributed by atoms with Crippen molar-refractivity contribution in [3.8, 4) is 0 Å². The number of aryl methyl sites for hydroxylation is 1. The van der Waals surface area contributed by atoms with Gasteiger partial charge in [-0.05, 0) is 32.4 Å². The summed E-state index contributed by atoms with van der Waals surface area (Å²) in [4.78, 5) is 0.103. The first-order chi connectivity index (χ1) is 8.45. The zero-order chi connectivity index (χ0) is 13.6. The molecular formula is C13H18O4S. The molecule has 1 rings (SSSR count). The smallest absolute Gasteiger partial charge is 0.297 e. The lowest BCUT2D eigenvalue weighted by Gasteiger charge is -2.09. The first kappa shape index (κ1) is 14.9. The molecule has 4 nitrogen and oxygen atoms in total. The van der Waals surface area contributed by atoms with Crippen molar-refractivity contribution < 1.29 is 17.7 Å². The number of aliphatic hydroxyl groups excluding tert-OH is 1. The van der Waals surface area contributed by atoms with Gasteiger partial charge >= 0.3 is 0 Å². The van der Waals surface area contributed by atoms with Gasteiger partial charge in [-0.2, -0.15) is 8.42 Å². The lowest BCUT2D eigenvalue weighted by Crippen LogP contribution is -2.18. The molecule has 0 saturated carbocycles. The fraction of sp³-hybridized carbons (Fsp3) is 0.385. The summed E-state index contributed by atoms with van der Waals surface area (Å²) >= 11 is 0. The molecule has 0 heterocycles. The van der Waals surface area contributed by atoms with Gasteiger partial charge in [-0.15, -0.1) is 0 Å². The van der Waals surface area contributed by atoms with Gasteiger partial charge in [0.1, 0.15) is 0 Å². The van der Waals surface area contributed by atoms with Gasteiger partial charge in [0.05, 0.1) is 17.6 Å². The summed E-state index contributed by atoms with van der Waals surface area (Å²) in [5.74, 6) is 0. The maximum Gasteiger partial charge on any atom is 0.297 e. The Hall–Kier alpha value is -1.17. The van der Waals surface area contributed by atoms with Crippen LogP contribution in [0.1, 0.15) is 18.9 Å². The molecule has 0 spiro atoms. The quantitative estimate of drug-likeness (QED) is 0.634. The van der Waals surface area contributed by atoms with Crippen LogP contribution in [0.15, 0.2) is 41.3 Å². The Morgan fingerprint density at radius 1 is 1.33 bits per heavy atom. The van der Waals surface area contributed by atoms with Crippen LogP contribution in [0.3, 0.4) is 0 Å². The zero-order valence-electron chi connectivity index (χ0n) is 10.5. The number of benzene rings is 1. The summed E-state index contributed by atoms with van der Waals surface area (Å²) in [6, 6.07) is 6.38. The van der Waals surface area contributed by atoms with E-state index in [1.807, 2.05) is 13.8 Å². The van der Waals surface area contributed by atoms with E-state index in [1.54, 1.807) is 24.3 Å². The fourth-order valence-corrected chi connectivity index (χ4v) is 2.24. The molecule has 1 aromatic carbocycles. The molecule has 0 bridgehead atoms. The van der Waals surface area contributed by atoms with E-state index in [4.69, 9.17) is 4.18 Å². The molecule has 1 atom stereocenters. The molecular weight excluding hydrogens is 252 g/mol. The van der Waals surface area contributed by atoms with Gasteiger partial charge in [-0.1, -0.05) is 29.8 Å². The van der Waals surface area contributed by atoms with Crippen molar-refractivity contribution in [2.45, 2.75) is 31.3 Å². The Balaban J connectivity index is 2.62. The average Bonchev–Trinajstić information content (AvgIpc) is 2.34. The van der Waals surface area contributed by atoms with E-state index in [9.17, 15) is 13.5 Å². The predicted octanol–water partition coefficient (Wildman–Crippen LogP) is 2.03. The molecule has 1 N–H and O–H groups in total. The van der Waals surface area contributed by atoms with Crippen LogP contribution in [0.4, 0.5) is 0 Å². The number of hydrogen-bond acceptors (Lipinski definition) is 4. The van der Waals surface area contributed by atoms with E-state index in [1.165, 1.54) is 12.1 Å². The van der Waals surface area contributed by atoms with Crippen LogP contribution in [0.2, 0.25) is 0 Å². The van der Waals surface area contributed by atoms with Gasteiger partial charge in [0.2, 0.25) is 0 Å². The minimum atomic E-state index is -3.78. The lowest BCUT2D eigenvalue weighted by molar-refractivity contribution is 0.113. The highest BCUT2D eigenvalue weighted by atomic mass is 32.2. The Labute approximate surface area is 108 Å². The maximum atomic E-state index is 11.8. The van der Waals surface area contributed by atoms with E-state index in [0.29, 0.717) is 6.42 Å². The highest BCUT2D eigenvalue weighted by Crippen LogP contribution is 2.13. The summed E-state index contributed by atoms with van der Waals surface area (Å²) in [6.45, 7) is 3.47. The van der Waals surface area contributed by atoms with Gasteiger partial charge in [0.25, 0.3) is 10.1 Å². The molecule has 0 saturated heterocycles. The Morgan fingerprint density at radius 2 is 1.94 bits per heavy atom. The Kier molecular flexibility index (Phi) is 5.53. The molecule has 0 aliphatic heterocycles. The molecule has 0 radical (unpaired) electrons. The Morgan fingerprint density at radius 3 is 2.50 bits per heavy atom. The third-order valence-corrected chi connectivity index (χ3v) is 3.66. The second-order valence-corrected chi connectivity index (χ2v) is 5.63. The monoisotopic (exact) mass is 270 g/mol. The molecule has 0 unspecified atom stereocenters. The van der Waals surface area contributed by atoms with Crippen molar-refractivity contribution in [1.29, 1.82) is 0 Å². The minimum absolute atomic E-state index is 0.103. The summed E-state index contributed by atoms with van der Waals surface area (Å²) in [6.07, 6.45) is 3.10. The Bertz CT molecular complexity index is 488. The minimum Gasteiger partial charge on any atom is -0.390 e. The number of aliphatic hydroxyl groups is 1. The van der Waals surface area contributed by atoms with Crippen LogP contribution >= 0.6 is 0 Å². The standard InChI is InChI=1S/C13H18O4S/c1-3-4-5-12(14)10-17-18(15,16)13-8-6-11(2)7-9-13/h3-4,6-9,12,14H,5,10H2,1-2H3/b4-3+/t12-/m0/s1. The predicted molar refractivity (Wildman–Crippen MR) is 69.8 cm³/mol. The van der Waals surface area contributed by atoms with Crippen molar-refractivity contribution in [3.05, 3.63) is 42.0 Å². The topological polar surface area (TPSA) is 63.6 Å². The largest absolute Gasteiger partial charge is 0.390 e. The lowest BCUT2D eigenvalue weighted by atomic mass is 10.2. The second-order valence-electron chi connectivity index (χ2n) is 4.01. The van der Waals surface area contributed by atoms with E-state index < -0.39 is 16.2 Å². The molecule has 0 fully saturated rings. The first-order valence-electron chi connectivity index (χ1n) is 5.71. The third-order valence-electron chi connectivity index (χ3n) is 2.37. The molecule has 5 heteroatoms. The van der Waals surface area contributed by atoms with Crippen molar-refractivity contribution in [1.82, 2.24) is 0 Å². The molecule has 0 aromatic heterocycles. The number of rotatable bonds is 6.